The minimum Gasteiger partial charge on any atom is -0.378 e. The zero-order chi connectivity index (χ0) is 27.4. The summed E-state index contributed by atoms with van der Waals surface area (Å²) in [6.45, 7) is 0. The van der Waals surface area contributed by atoms with Gasteiger partial charge in [0.1, 0.15) is 10.9 Å². The number of fused-ring (bicyclic) bond motifs is 2. The lowest BCUT2D eigenvalue weighted by molar-refractivity contribution is -0.247. The van der Waals surface area contributed by atoms with Crippen LogP contribution in [0.5, 0.6) is 5.75 Å². The van der Waals surface area contributed by atoms with Crippen molar-refractivity contribution in [1.29, 1.82) is 0 Å². The topological polar surface area (TPSA) is 97.7 Å². The van der Waals surface area contributed by atoms with Gasteiger partial charge in [-0.3, -0.25) is 4.55 Å². The van der Waals surface area contributed by atoms with Crippen LogP contribution in [0.2, 0.25) is 0 Å². The summed E-state index contributed by atoms with van der Waals surface area (Å²) < 4.78 is 142. The first-order valence-electron chi connectivity index (χ1n) is 10.1. The highest BCUT2D eigenvalue weighted by atomic mass is 32.2. The molecule has 37 heavy (non-hydrogen) atoms. The van der Waals surface area contributed by atoms with Crippen LogP contribution in [-0.2, 0) is 37.6 Å². The van der Waals surface area contributed by atoms with Crippen LogP contribution in [0.1, 0.15) is 11.1 Å². The van der Waals surface area contributed by atoms with Crippen LogP contribution in [0.4, 0.5) is 26.3 Å². The van der Waals surface area contributed by atoms with Gasteiger partial charge in [-0.15, -0.1) is 0 Å². The third-order valence-electron chi connectivity index (χ3n) is 5.42. The van der Waals surface area contributed by atoms with E-state index in [9.17, 15) is 43.2 Å². The van der Waals surface area contributed by atoms with Crippen molar-refractivity contribution in [2.24, 2.45) is 0 Å². The Morgan fingerprint density at radius 3 is 1.92 bits per heavy atom. The Kier molecular flexibility index (Phi) is 6.58. The summed E-state index contributed by atoms with van der Waals surface area (Å²) in [6, 6.07) is 19.3. The molecule has 1 aliphatic heterocycles. The predicted molar refractivity (Wildman–Crippen MR) is 120 cm³/mol. The van der Waals surface area contributed by atoms with E-state index >= 15 is 0 Å². The smallest absolute Gasteiger partial charge is 0.378 e. The fourth-order valence-electron chi connectivity index (χ4n) is 3.62. The van der Waals surface area contributed by atoms with E-state index in [1.54, 1.807) is 54.6 Å². The minimum atomic E-state index is -7.14. The lowest BCUT2D eigenvalue weighted by atomic mass is 10.0. The first-order valence-corrected chi connectivity index (χ1v) is 14.1. The number of alkyl halides is 6. The molecule has 6 nitrogen and oxygen atoms in total. The van der Waals surface area contributed by atoms with Gasteiger partial charge in [-0.05, 0) is 30.3 Å². The largest absolute Gasteiger partial charge is 0.450 e. The summed E-state index contributed by atoms with van der Waals surface area (Å²) in [4.78, 5) is 1.99. The molecule has 3 aromatic rings. The molecular formula is C22H15F6O6S3+. The van der Waals surface area contributed by atoms with Gasteiger partial charge >= 0.3 is 36.7 Å². The van der Waals surface area contributed by atoms with Crippen LogP contribution in [0.3, 0.4) is 0 Å². The van der Waals surface area contributed by atoms with E-state index in [-0.39, 0.29) is 12.0 Å². The molecule has 0 fully saturated rings. The molecule has 198 valence electrons. The lowest BCUT2D eigenvalue weighted by Gasteiger charge is -2.30. The molecule has 0 spiro atoms. The van der Waals surface area contributed by atoms with E-state index in [0.717, 1.165) is 15.9 Å². The quantitative estimate of drug-likeness (QED) is 0.140. The fraction of sp³-hybridized carbons (Fsp3) is 0.182. The van der Waals surface area contributed by atoms with Crippen molar-refractivity contribution in [2.75, 3.05) is 0 Å². The van der Waals surface area contributed by atoms with E-state index in [0.29, 0.717) is 10.5 Å². The number of benzene rings is 3. The molecular weight excluding hydrogens is 570 g/mol. The summed E-state index contributed by atoms with van der Waals surface area (Å²) in [5, 5.41) is -13.6. The van der Waals surface area contributed by atoms with E-state index in [1.165, 1.54) is 6.07 Å². The summed E-state index contributed by atoms with van der Waals surface area (Å²) in [7, 11) is -15.0. The van der Waals surface area contributed by atoms with Crippen molar-refractivity contribution in [3.63, 3.8) is 0 Å². The number of rotatable bonds is 7. The third kappa shape index (κ3) is 4.27. The molecule has 3 aromatic carbocycles. The Bertz CT molecular complexity index is 1560. The monoisotopic (exact) mass is 585 g/mol. The summed E-state index contributed by atoms with van der Waals surface area (Å²) >= 11 is 0. The zero-order valence-electron chi connectivity index (χ0n) is 18.1. The molecule has 0 saturated heterocycles. The maximum Gasteiger partial charge on any atom is 0.450 e. The van der Waals surface area contributed by atoms with Gasteiger partial charge < -0.3 is 4.18 Å². The van der Waals surface area contributed by atoms with Crippen LogP contribution in [0.25, 0.3) is 0 Å². The lowest BCUT2D eigenvalue weighted by Crippen LogP contribution is -2.61. The standard InChI is InChI=1S/C22H14F6O6S3/c23-20(24,21(25,26)36(29,30)31)22(27,28)37(32,33)34-17-10-6-12-19-16(17)13-14-7-4-5-11-18(14)35(19)15-8-2-1-3-9-15/h1-12H,13H2/p+1. The molecule has 0 aromatic heterocycles. The van der Waals surface area contributed by atoms with Crippen molar-refractivity contribution in [3.05, 3.63) is 83.9 Å². The van der Waals surface area contributed by atoms with Crippen LogP contribution in [0.15, 0.2) is 87.5 Å². The van der Waals surface area contributed by atoms with Crippen LogP contribution < -0.4 is 4.18 Å². The minimum absolute atomic E-state index is 0.0256. The van der Waals surface area contributed by atoms with Crippen molar-refractivity contribution < 1.29 is 51.9 Å². The molecule has 4 rings (SSSR count). The Morgan fingerprint density at radius 2 is 1.30 bits per heavy atom. The van der Waals surface area contributed by atoms with Gasteiger partial charge in [0.05, 0.1) is 5.56 Å². The SMILES string of the molecule is O=S(=O)(O)C(F)(F)C(F)(F)C(F)(F)S(=O)(=O)Oc1cccc2c1Cc1ccccc1[S+]2c1ccccc1. The molecule has 0 aliphatic carbocycles. The second-order valence-electron chi connectivity index (χ2n) is 7.76. The molecule has 1 N–H and O–H groups in total. The second kappa shape index (κ2) is 8.92. The first kappa shape index (κ1) is 27.3. The molecule has 1 unspecified atom stereocenters. The van der Waals surface area contributed by atoms with Gasteiger partial charge in [-0.2, -0.15) is 43.2 Å². The predicted octanol–water partition coefficient (Wildman–Crippen LogP) is 5.10. The molecule has 15 heteroatoms. The molecule has 1 heterocycles. The average molecular weight is 586 g/mol. The number of halogens is 6. The molecule has 1 aliphatic rings. The summed E-state index contributed by atoms with van der Waals surface area (Å²) in [6.07, 6.45) is -0.0727. The van der Waals surface area contributed by atoms with Crippen LogP contribution in [-0.4, -0.2) is 37.8 Å². The summed E-state index contributed by atoms with van der Waals surface area (Å²) in [5.41, 5.74) is 0.670. The van der Waals surface area contributed by atoms with Gasteiger partial charge in [0.25, 0.3) is 0 Å². The Balaban J connectivity index is 1.82. The van der Waals surface area contributed by atoms with Crippen LogP contribution >= 0.6 is 0 Å². The highest BCUT2D eigenvalue weighted by Gasteiger charge is 2.83. The van der Waals surface area contributed by atoms with Crippen LogP contribution in [0, 0.1) is 0 Å². The molecule has 1 atom stereocenters. The van der Waals surface area contributed by atoms with Gasteiger partial charge in [-0.1, -0.05) is 42.5 Å². The Labute approximate surface area is 210 Å². The fourth-order valence-corrected chi connectivity index (χ4v) is 7.50. The zero-order valence-corrected chi connectivity index (χ0v) is 20.6. The van der Waals surface area contributed by atoms with Crippen molar-refractivity contribution in [3.8, 4) is 5.75 Å². The van der Waals surface area contributed by atoms with E-state index in [4.69, 9.17) is 4.55 Å². The second-order valence-corrected chi connectivity index (χ2v) is 12.8. The highest BCUT2D eigenvalue weighted by molar-refractivity contribution is 7.97. The van der Waals surface area contributed by atoms with Gasteiger partial charge in [0.2, 0.25) is 0 Å². The third-order valence-corrected chi connectivity index (χ3v) is 10.0. The number of hydrogen-bond donors (Lipinski definition) is 1. The maximum absolute atomic E-state index is 14.4. The van der Waals surface area contributed by atoms with Crippen molar-refractivity contribution in [2.45, 2.75) is 37.5 Å². The van der Waals surface area contributed by atoms with Gasteiger partial charge in [0.15, 0.2) is 20.4 Å². The van der Waals surface area contributed by atoms with E-state index in [1.807, 2.05) is 6.07 Å². The first-order chi connectivity index (χ1) is 17.0. The average Bonchev–Trinajstić information content (AvgIpc) is 2.82. The molecule has 0 saturated carbocycles. The van der Waals surface area contributed by atoms with E-state index in [2.05, 4.69) is 4.18 Å². The van der Waals surface area contributed by atoms with Gasteiger partial charge in [0, 0.05) is 12.0 Å². The Morgan fingerprint density at radius 1 is 0.730 bits per heavy atom. The maximum atomic E-state index is 14.4. The molecule has 0 radical (unpaired) electrons. The van der Waals surface area contributed by atoms with E-state index < -0.39 is 53.3 Å². The number of hydrogen-bond acceptors (Lipinski definition) is 5. The van der Waals surface area contributed by atoms with Gasteiger partial charge in [-0.25, -0.2) is 0 Å². The molecule has 0 amide bonds. The van der Waals surface area contributed by atoms with Crippen molar-refractivity contribution >= 4 is 31.1 Å². The normalized spacial score (nSPS) is 16.6. The van der Waals surface area contributed by atoms with Crippen molar-refractivity contribution in [1.82, 2.24) is 0 Å². The highest BCUT2D eigenvalue weighted by Crippen LogP contribution is 2.51. The summed E-state index contributed by atoms with van der Waals surface area (Å²) in [5.74, 6) is -7.92. The Hall–Kier alpha value is -2.75. The molecule has 0 bridgehead atoms.